The molecule has 4 heteroatoms. The van der Waals surface area contributed by atoms with Gasteiger partial charge in [0, 0.05) is 19.1 Å². The number of carbonyl (C=O) groups excluding carboxylic acids is 1. The van der Waals surface area contributed by atoms with E-state index in [1.54, 1.807) is 0 Å². The summed E-state index contributed by atoms with van der Waals surface area (Å²) in [4.78, 5) is 11.7. The van der Waals surface area contributed by atoms with Gasteiger partial charge in [0.25, 0.3) is 0 Å². The van der Waals surface area contributed by atoms with E-state index in [-0.39, 0.29) is 24.1 Å². The van der Waals surface area contributed by atoms with Gasteiger partial charge in [0.2, 0.25) is 5.91 Å². The van der Waals surface area contributed by atoms with Crippen molar-refractivity contribution in [2.45, 2.75) is 58.2 Å². The maximum absolute atomic E-state index is 11.7. The van der Waals surface area contributed by atoms with E-state index in [9.17, 15) is 4.79 Å². The average Bonchev–Trinajstić information content (AvgIpc) is 2.69. The molecular weight excluding hydrogens is 204 g/mol. The van der Waals surface area contributed by atoms with Crippen LogP contribution in [0.15, 0.2) is 0 Å². The first-order chi connectivity index (χ1) is 7.63. The Morgan fingerprint density at radius 3 is 2.81 bits per heavy atom. The summed E-state index contributed by atoms with van der Waals surface area (Å²) in [5, 5.41) is 6.23. The van der Waals surface area contributed by atoms with E-state index < -0.39 is 0 Å². The van der Waals surface area contributed by atoms with E-state index in [1.165, 1.54) is 0 Å². The molecule has 4 nitrogen and oxygen atoms in total. The zero-order valence-electron chi connectivity index (χ0n) is 10.6. The molecule has 1 saturated heterocycles. The van der Waals surface area contributed by atoms with Gasteiger partial charge in [-0.3, -0.25) is 4.79 Å². The number of rotatable bonds is 6. The van der Waals surface area contributed by atoms with Crippen LogP contribution >= 0.6 is 0 Å². The molecule has 3 unspecified atom stereocenters. The number of carbonyl (C=O) groups is 1. The van der Waals surface area contributed by atoms with Crippen molar-refractivity contribution in [3.8, 4) is 0 Å². The van der Waals surface area contributed by atoms with Gasteiger partial charge in [-0.15, -0.1) is 0 Å². The predicted molar refractivity (Wildman–Crippen MR) is 64.3 cm³/mol. The Morgan fingerprint density at radius 2 is 2.25 bits per heavy atom. The second-order valence-corrected chi connectivity index (χ2v) is 4.57. The average molecular weight is 228 g/mol. The fourth-order valence-electron chi connectivity index (χ4n) is 2.10. The van der Waals surface area contributed by atoms with Crippen LogP contribution in [0.25, 0.3) is 0 Å². The molecule has 0 spiro atoms. The smallest absolute Gasteiger partial charge is 0.221 e. The number of nitrogens with one attached hydrogen (secondary N) is 2. The molecule has 3 atom stereocenters. The fraction of sp³-hybridized carbons (Fsp3) is 0.917. The zero-order chi connectivity index (χ0) is 12.0. The molecule has 0 aliphatic carbocycles. The lowest BCUT2D eigenvalue weighted by molar-refractivity contribution is -0.123. The highest BCUT2D eigenvalue weighted by molar-refractivity contribution is 5.76. The molecule has 1 aliphatic rings. The summed E-state index contributed by atoms with van der Waals surface area (Å²) in [6, 6.07) is 0.366. The first kappa shape index (κ1) is 13.5. The minimum Gasteiger partial charge on any atom is -0.376 e. The van der Waals surface area contributed by atoms with E-state index in [4.69, 9.17) is 4.74 Å². The molecule has 94 valence electrons. The number of hydrogen-bond acceptors (Lipinski definition) is 3. The molecule has 0 saturated carbocycles. The van der Waals surface area contributed by atoms with Crippen LogP contribution in [0.2, 0.25) is 0 Å². The Hall–Kier alpha value is -0.610. The zero-order valence-corrected chi connectivity index (χ0v) is 10.6. The monoisotopic (exact) mass is 228 g/mol. The Balaban J connectivity index is 2.22. The molecule has 1 aliphatic heterocycles. The van der Waals surface area contributed by atoms with Crippen molar-refractivity contribution in [1.29, 1.82) is 0 Å². The van der Waals surface area contributed by atoms with Gasteiger partial charge in [-0.05, 0) is 33.2 Å². The summed E-state index contributed by atoms with van der Waals surface area (Å²) in [5.74, 6) is 0.108. The summed E-state index contributed by atoms with van der Waals surface area (Å²) in [5.41, 5.74) is 0. The first-order valence-electron chi connectivity index (χ1n) is 6.27. The van der Waals surface area contributed by atoms with Gasteiger partial charge >= 0.3 is 0 Å². The summed E-state index contributed by atoms with van der Waals surface area (Å²) >= 11 is 0. The van der Waals surface area contributed by atoms with E-state index in [0.29, 0.717) is 6.42 Å². The van der Waals surface area contributed by atoms with Crippen LogP contribution in [-0.2, 0) is 9.53 Å². The Labute approximate surface area is 98.1 Å². The highest BCUT2D eigenvalue weighted by Gasteiger charge is 2.23. The van der Waals surface area contributed by atoms with Crippen LogP contribution < -0.4 is 10.6 Å². The molecule has 2 N–H and O–H groups in total. The summed E-state index contributed by atoms with van der Waals surface area (Å²) in [6.07, 6.45) is 2.91. The van der Waals surface area contributed by atoms with E-state index in [2.05, 4.69) is 10.6 Å². The number of amides is 1. The SMILES string of the molecule is CCNC(C)CC(=O)NC(C)C1CCCO1. The van der Waals surface area contributed by atoms with Crippen molar-refractivity contribution >= 4 is 5.91 Å². The van der Waals surface area contributed by atoms with Gasteiger partial charge in [-0.2, -0.15) is 0 Å². The third-order valence-electron chi connectivity index (χ3n) is 2.96. The topological polar surface area (TPSA) is 50.4 Å². The molecule has 1 heterocycles. The minimum absolute atomic E-state index is 0.108. The van der Waals surface area contributed by atoms with Crippen molar-refractivity contribution in [3.63, 3.8) is 0 Å². The summed E-state index contributed by atoms with van der Waals surface area (Å²) in [6.45, 7) is 7.82. The van der Waals surface area contributed by atoms with Gasteiger partial charge < -0.3 is 15.4 Å². The van der Waals surface area contributed by atoms with E-state index in [1.807, 2.05) is 20.8 Å². The van der Waals surface area contributed by atoms with Crippen LogP contribution in [0.1, 0.15) is 40.0 Å². The van der Waals surface area contributed by atoms with Gasteiger partial charge in [0.1, 0.15) is 0 Å². The fourth-order valence-corrected chi connectivity index (χ4v) is 2.10. The van der Waals surface area contributed by atoms with E-state index >= 15 is 0 Å². The summed E-state index contributed by atoms with van der Waals surface area (Å²) < 4.78 is 5.54. The third-order valence-corrected chi connectivity index (χ3v) is 2.96. The maximum atomic E-state index is 11.7. The lowest BCUT2D eigenvalue weighted by Crippen LogP contribution is -2.43. The molecular formula is C12H24N2O2. The normalized spacial score (nSPS) is 24.1. The standard InChI is InChI=1S/C12H24N2O2/c1-4-13-9(2)8-12(15)14-10(3)11-6-5-7-16-11/h9-11,13H,4-8H2,1-3H3,(H,14,15). The Morgan fingerprint density at radius 1 is 1.50 bits per heavy atom. The number of hydrogen-bond donors (Lipinski definition) is 2. The largest absolute Gasteiger partial charge is 0.376 e. The van der Waals surface area contributed by atoms with Crippen LogP contribution in [0.4, 0.5) is 0 Å². The van der Waals surface area contributed by atoms with Crippen LogP contribution in [0, 0.1) is 0 Å². The van der Waals surface area contributed by atoms with Crippen molar-refractivity contribution in [1.82, 2.24) is 10.6 Å². The molecule has 0 bridgehead atoms. The highest BCUT2D eigenvalue weighted by Crippen LogP contribution is 2.15. The molecule has 1 amide bonds. The summed E-state index contributed by atoms with van der Waals surface area (Å²) in [7, 11) is 0. The number of ether oxygens (including phenoxy) is 1. The lowest BCUT2D eigenvalue weighted by Gasteiger charge is -2.21. The quantitative estimate of drug-likeness (QED) is 0.714. The van der Waals surface area contributed by atoms with Gasteiger partial charge in [-0.1, -0.05) is 6.92 Å². The van der Waals surface area contributed by atoms with Gasteiger partial charge in [-0.25, -0.2) is 0 Å². The van der Waals surface area contributed by atoms with Crippen LogP contribution in [0.5, 0.6) is 0 Å². The first-order valence-corrected chi connectivity index (χ1v) is 6.27. The van der Waals surface area contributed by atoms with Crippen molar-refractivity contribution in [3.05, 3.63) is 0 Å². The van der Waals surface area contributed by atoms with Crippen molar-refractivity contribution < 1.29 is 9.53 Å². The van der Waals surface area contributed by atoms with E-state index in [0.717, 1.165) is 26.0 Å². The molecule has 1 fully saturated rings. The maximum Gasteiger partial charge on any atom is 0.221 e. The molecule has 16 heavy (non-hydrogen) atoms. The van der Waals surface area contributed by atoms with Crippen LogP contribution in [0.3, 0.4) is 0 Å². The van der Waals surface area contributed by atoms with Crippen LogP contribution in [-0.4, -0.2) is 37.2 Å². The van der Waals surface area contributed by atoms with Crippen molar-refractivity contribution in [2.24, 2.45) is 0 Å². The second-order valence-electron chi connectivity index (χ2n) is 4.57. The molecule has 0 aromatic rings. The third kappa shape index (κ3) is 4.49. The molecule has 0 radical (unpaired) electrons. The van der Waals surface area contributed by atoms with Gasteiger partial charge in [0.05, 0.1) is 12.1 Å². The molecule has 1 rings (SSSR count). The lowest BCUT2D eigenvalue weighted by atomic mass is 10.1. The Bertz CT molecular complexity index is 215. The second kappa shape index (κ2) is 6.86. The van der Waals surface area contributed by atoms with Gasteiger partial charge in [0.15, 0.2) is 0 Å². The minimum atomic E-state index is 0.108. The highest BCUT2D eigenvalue weighted by atomic mass is 16.5. The predicted octanol–water partition coefficient (Wildman–Crippen LogP) is 1.06. The molecule has 0 aromatic carbocycles. The Kier molecular flexibility index (Phi) is 5.77. The van der Waals surface area contributed by atoms with Crippen molar-refractivity contribution in [2.75, 3.05) is 13.2 Å². The molecule has 0 aromatic heterocycles.